The molecule has 1 aliphatic rings. The molecular formula is C16H27N3. The fraction of sp³-hybridized carbons (Fsp3) is 0.625. The van der Waals surface area contributed by atoms with Gasteiger partial charge in [-0.3, -0.25) is 0 Å². The van der Waals surface area contributed by atoms with E-state index in [9.17, 15) is 0 Å². The summed E-state index contributed by atoms with van der Waals surface area (Å²) >= 11 is 0. The molecule has 2 N–H and O–H groups in total. The molecule has 1 saturated heterocycles. The Morgan fingerprint density at radius 3 is 2.63 bits per heavy atom. The molecule has 0 aliphatic carbocycles. The Kier molecular flexibility index (Phi) is 6.34. The number of hydrogen-bond acceptors (Lipinski definition) is 3. The van der Waals surface area contributed by atoms with Gasteiger partial charge in [-0.1, -0.05) is 30.3 Å². The number of nitrogens with one attached hydrogen (secondary N) is 2. The van der Waals surface area contributed by atoms with E-state index in [1.54, 1.807) is 0 Å². The van der Waals surface area contributed by atoms with Crippen molar-refractivity contribution in [3.8, 4) is 0 Å². The zero-order valence-corrected chi connectivity index (χ0v) is 12.1. The maximum Gasteiger partial charge on any atom is 0.0291 e. The van der Waals surface area contributed by atoms with E-state index in [2.05, 4.69) is 52.8 Å². The highest BCUT2D eigenvalue weighted by Crippen LogP contribution is 2.10. The summed E-state index contributed by atoms with van der Waals surface area (Å²) in [5.74, 6) is 0. The van der Waals surface area contributed by atoms with Crippen molar-refractivity contribution >= 4 is 0 Å². The summed E-state index contributed by atoms with van der Waals surface area (Å²) in [6.45, 7) is 9.35. The molecule has 1 heterocycles. The molecule has 0 aromatic heterocycles. The van der Waals surface area contributed by atoms with Gasteiger partial charge in [-0.05, 0) is 38.4 Å². The lowest BCUT2D eigenvalue weighted by Crippen LogP contribution is -2.43. The first-order valence-corrected chi connectivity index (χ1v) is 7.57. The Morgan fingerprint density at radius 2 is 1.89 bits per heavy atom. The molecule has 3 nitrogen and oxygen atoms in total. The number of benzene rings is 1. The van der Waals surface area contributed by atoms with Gasteiger partial charge in [0.2, 0.25) is 0 Å². The van der Waals surface area contributed by atoms with Crippen molar-refractivity contribution in [3.05, 3.63) is 35.9 Å². The smallest absolute Gasteiger partial charge is 0.0291 e. The van der Waals surface area contributed by atoms with Gasteiger partial charge in [0.1, 0.15) is 0 Å². The number of rotatable bonds is 7. The van der Waals surface area contributed by atoms with Gasteiger partial charge >= 0.3 is 0 Å². The molecule has 19 heavy (non-hydrogen) atoms. The Morgan fingerprint density at radius 1 is 1.16 bits per heavy atom. The van der Waals surface area contributed by atoms with E-state index in [4.69, 9.17) is 0 Å². The zero-order valence-electron chi connectivity index (χ0n) is 12.1. The minimum absolute atomic E-state index is 0.459. The summed E-state index contributed by atoms with van der Waals surface area (Å²) in [5.41, 5.74) is 1.38. The molecule has 1 unspecified atom stereocenters. The van der Waals surface area contributed by atoms with Crippen molar-refractivity contribution in [1.82, 2.24) is 15.5 Å². The summed E-state index contributed by atoms with van der Waals surface area (Å²) in [5, 5.41) is 7.00. The van der Waals surface area contributed by atoms with Crippen LogP contribution in [0.4, 0.5) is 0 Å². The summed E-state index contributed by atoms with van der Waals surface area (Å²) < 4.78 is 0. The normalized spacial score (nSPS) is 18.4. The average Bonchev–Trinajstić information content (AvgIpc) is 2.49. The van der Waals surface area contributed by atoms with E-state index in [-0.39, 0.29) is 0 Å². The molecule has 0 amide bonds. The second-order valence-corrected chi connectivity index (χ2v) is 5.39. The molecule has 0 spiro atoms. The van der Waals surface area contributed by atoms with Crippen LogP contribution in [0.5, 0.6) is 0 Å². The second-order valence-electron chi connectivity index (χ2n) is 5.39. The van der Waals surface area contributed by atoms with Crippen molar-refractivity contribution in [2.75, 3.05) is 39.3 Å². The van der Waals surface area contributed by atoms with Crippen LogP contribution in [0.2, 0.25) is 0 Å². The van der Waals surface area contributed by atoms with Gasteiger partial charge in [0.15, 0.2) is 0 Å². The molecule has 2 rings (SSSR count). The van der Waals surface area contributed by atoms with E-state index in [1.165, 1.54) is 38.0 Å². The summed E-state index contributed by atoms with van der Waals surface area (Å²) in [6, 6.07) is 11.1. The molecule has 1 fully saturated rings. The third-order valence-electron chi connectivity index (χ3n) is 3.86. The van der Waals surface area contributed by atoms with Crippen LogP contribution >= 0.6 is 0 Å². The van der Waals surface area contributed by atoms with Crippen LogP contribution < -0.4 is 10.6 Å². The maximum absolute atomic E-state index is 3.61. The second kappa shape index (κ2) is 8.31. The Labute approximate surface area is 117 Å². The van der Waals surface area contributed by atoms with E-state index in [0.29, 0.717) is 6.04 Å². The van der Waals surface area contributed by atoms with Crippen LogP contribution in [0.3, 0.4) is 0 Å². The van der Waals surface area contributed by atoms with Crippen LogP contribution in [-0.4, -0.2) is 44.2 Å². The van der Waals surface area contributed by atoms with Gasteiger partial charge in [0, 0.05) is 32.2 Å². The summed E-state index contributed by atoms with van der Waals surface area (Å²) in [7, 11) is 0. The topological polar surface area (TPSA) is 27.3 Å². The number of nitrogens with zero attached hydrogens (tertiary/aromatic N) is 1. The van der Waals surface area contributed by atoms with E-state index in [0.717, 1.165) is 19.6 Å². The first kappa shape index (κ1) is 14.5. The van der Waals surface area contributed by atoms with E-state index in [1.807, 2.05) is 0 Å². The quantitative estimate of drug-likeness (QED) is 0.735. The number of piperazine rings is 1. The number of hydrogen-bond donors (Lipinski definition) is 2. The van der Waals surface area contributed by atoms with Crippen molar-refractivity contribution in [2.24, 2.45) is 0 Å². The molecular weight excluding hydrogens is 234 g/mol. The molecule has 0 saturated carbocycles. The highest BCUT2D eigenvalue weighted by Gasteiger charge is 2.08. The molecule has 106 valence electrons. The lowest BCUT2D eigenvalue weighted by Gasteiger charge is -2.27. The Hall–Kier alpha value is -0.900. The van der Waals surface area contributed by atoms with Gasteiger partial charge in [-0.2, -0.15) is 0 Å². The van der Waals surface area contributed by atoms with Crippen molar-refractivity contribution in [1.29, 1.82) is 0 Å². The van der Waals surface area contributed by atoms with Gasteiger partial charge in [-0.25, -0.2) is 0 Å². The van der Waals surface area contributed by atoms with Crippen molar-refractivity contribution in [2.45, 2.75) is 25.8 Å². The van der Waals surface area contributed by atoms with Crippen LogP contribution in [0.25, 0.3) is 0 Å². The number of unbranched alkanes of at least 4 members (excludes halogenated alkanes) is 1. The van der Waals surface area contributed by atoms with Gasteiger partial charge in [-0.15, -0.1) is 0 Å². The molecule has 0 radical (unpaired) electrons. The minimum atomic E-state index is 0.459. The van der Waals surface area contributed by atoms with Crippen LogP contribution in [0, 0.1) is 0 Å². The summed E-state index contributed by atoms with van der Waals surface area (Å²) in [4.78, 5) is 2.57. The standard InChI is InChI=1S/C16H27N3/c1-15(16-7-3-2-4-8-16)18-9-5-6-12-19-13-10-17-11-14-19/h2-4,7-8,15,17-18H,5-6,9-14H2,1H3. The zero-order chi connectivity index (χ0) is 13.3. The minimum Gasteiger partial charge on any atom is -0.314 e. The molecule has 1 aromatic rings. The maximum atomic E-state index is 3.61. The Balaban J connectivity index is 1.54. The fourth-order valence-electron chi connectivity index (χ4n) is 2.57. The van der Waals surface area contributed by atoms with Crippen LogP contribution in [0.15, 0.2) is 30.3 Å². The summed E-state index contributed by atoms with van der Waals surface area (Å²) in [6.07, 6.45) is 2.57. The highest BCUT2D eigenvalue weighted by atomic mass is 15.2. The third kappa shape index (κ3) is 5.31. The Bertz CT molecular complexity index is 333. The van der Waals surface area contributed by atoms with Crippen LogP contribution in [0.1, 0.15) is 31.4 Å². The lowest BCUT2D eigenvalue weighted by molar-refractivity contribution is 0.236. The van der Waals surface area contributed by atoms with Gasteiger partial charge < -0.3 is 15.5 Å². The monoisotopic (exact) mass is 261 g/mol. The fourth-order valence-corrected chi connectivity index (χ4v) is 2.57. The molecule has 1 aliphatic heterocycles. The molecule has 1 atom stereocenters. The van der Waals surface area contributed by atoms with Crippen LogP contribution in [-0.2, 0) is 0 Å². The largest absolute Gasteiger partial charge is 0.314 e. The lowest BCUT2D eigenvalue weighted by atomic mass is 10.1. The molecule has 0 bridgehead atoms. The van der Waals surface area contributed by atoms with E-state index < -0.39 is 0 Å². The first-order chi connectivity index (χ1) is 9.36. The van der Waals surface area contributed by atoms with Gasteiger partial charge in [0.25, 0.3) is 0 Å². The van der Waals surface area contributed by atoms with Gasteiger partial charge in [0.05, 0.1) is 0 Å². The SMILES string of the molecule is CC(NCCCCN1CCNCC1)c1ccccc1. The highest BCUT2D eigenvalue weighted by molar-refractivity contribution is 5.17. The molecule has 1 aromatic carbocycles. The van der Waals surface area contributed by atoms with Crippen molar-refractivity contribution in [3.63, 3.8) is 0 Å². The predicted molar refractivity (Wildman–Crippen MR) is 81.4 cm³/mol. The molecule has 3 heteroatoms. The average molecular weight is 261 g/mol. The van der Waals surface area contributed by atoms with Crippen molar-refractivity contribution < 1.29 is 0 Å². The third-order valence-corrected chi connectivity index (χ3v) is 3.86. The first-order valence-electron chi connectivity index (χ1n) is 7.57. The predicted octanol–water partition coefficient (Wildman–Crippen LogP) is 2.02. The van der Waals surface area contributed by atoms with E-state index >= 15 is 0 Å².